The summed E-state index contributed by atoms with van der Waals surface area (Å²) >= 11 is 0. The van der Waals surface area contributed by atoms with E-state index in [1.54, 1.807) is 18.2 Å². The van der Waals surface area contributed by atoms with E-state index >= 15 is 0 Å². The Kier molecular flexibility index (Phi) is 4.98. The van der Waals surface area contributed by atoms with Crippen LogP contribution in [0.15, 0.2) is 18.2 Å². The smallest absolute Gasteiger partial charge is 0.168 e. The van der Waals surface area contributed by atoms with Gasteiger partial charge in [0.15, 0.2) is 5.78 Å². The molecule has 0 saturated heterocycles. The second kappa shape index (κ2) is 6.09. The lowest BCUT2D eigenvalue weighted by Crippen LogP contribution is -2.20. The van der Waals surface area contributed by atoms with Crippen LogP contribution >= 0.6 is 0 Å². The van der Waals surface area contributed by atoms with Gasteiger partial charge in [0.2, 0.25) is 0 Å². The van der Waals surface area contributed by atoms with Crippen LogP contribution in [0.1, 0.15) is 51.4 Å². The van der Waals surface area contributed by atoms with Crippen molar-refractivity contribution in [1.29, 1.82) is 0 Å². The van der Waals surface area contributed by atoms with Crippen molar-refractivity contribution >= 4 is 11.5 Å². The molecular formula is C16H25NO2. The van der Waals surface area contributed by atoms with Crippen LogP contribution in [0.3, 0.4) is 0 Å². The summed E-state index contributed by atoms with van der Waals surface area (Å²) in [5.74, 6) is 1.35. The minimum atomic E-state index is -0.396. The van der Waals surface area contributed by atoms with Crippen LogP contribution in [0.5, 0.6) is 5.75 Å². The van der Waals surface area contributed by atoms with Crippen molar-refractivity contribution in [2.75, 3.05) is 12.3 Å². The van der Waals surface area contributed by atoms with Crippen molar-refractivity contribution in [3.63, 3.8) is 0 Å². The number of ether oxygens (including phenoxy) is 1. The predicted octanol–water partition coefficient (Wildman–Crippen LogP) is 3.92. The van der Waals surface area contributed by atoms with Crippen LogP contribution < -0.4 is 10.5 Å². The molecule has 0 aliphatic carbocycles. The van der Waals surface area contributed by atoms with E-state index in [4.69, 9.17) is 10.5 Å². The fourth-order valence-electron chi connectivity index (χ4n) is 1.66. The summed E-state index contributed by atoms with van der Waals surface area (Å²) < 4.78 is 5.63. The molecule has 0 amide bonds. The van der Waals surface area contributed by atoms with E-state index in [-0.39, 0.29) is 5.78 Å². The predicted molar refractivity (Wildman–Crippen MR) is 79.6 cm³/mol. The SMILES string of the molecule is CC(C)CCOc1ccc(C(=O)C(C)(C)C)cc1N. The Labute approximate surface area is 116 Å². The van der Waals surface area contributed by atoms with Gasteiger partial charge in [-0.3, -0.25) is 4.79 Å². The lowest BCUT2D eigenvalue weighted by Gasteiger charge is -2.17. The van der Waals surface area contributed by atoms with Crippen LogP contribution in [0, 0.1) is 11.3 Å². The Morgan fingerprint density at radius 2 is 1.95 bits per heavy atom. The van der Waals surface area contributed by atoms with Gasteiger partial charge < -0.3 is 10.5 Å². The number of ketones is 1. The first kappa shape index (κ1) is 15.5. The summed E-state index contributed by atoms with van der Waals surface area (Å²) in [5.41, 5.74) is 6.71. The van der Waals surface area contributed by atoms with Gasteiger partial charge in [-0.15, -0.1) is 0 Å². The zero-order valence-electron chi connectivity index (χ0n) is 12.6. The van der Waals surface area contributed by atoms with Crippen LogP contribution in [0.2, 0.25) is 0 Å². The van der Waals surface area contributed by atoms with Gasteiger partial charge in [-0.05, 0) is 30.5 Å². The number of carbonyl (C=O) groups is 1. The molecule has 0 heterocycles. The molecule has 3 nitrogen and oxygen atoms in total. The second-order valence-electron chi connectivity index (χ2n) is 6.36. The number of nitrogen functional groups attached to an aromatic ring is 1. The number of nitrogens with two attached hydrogens (primary N) is 1. The first-order valence-electron chi connectivity index (χ1n) is 6.79. The third-order valence-corrected chi connectivity index (χ3v) is 2.91. The molecule has 0 aromatic heterocycles. The quantitative estimate of drug-likeness (QED) is 0.647. The number of Topliss-reactive ketones (excluding diaryl/α,β-unsaturated/α-hetero) is 1. The highest BCUT2D eigenvalue weighted by Crippen LogP contribution is 2.27. The van der Waals surface area contributed by atoms with E-state index in [1.165, 1.54) is 0 Å². The molecule has 0 spiro atoms. The molecule has 1 aromatic rings. The average molecular weight is 263 g/mol. The third kappa shape index (κ3) is 4.58. The molecule has 2 N–H and O–H groups in total. The Balaban J connectivity index is 2.78. The molecule has 0 fully saturated rings. The van der Waals surface area contributed by atoms with E-state index < -0.39 is 5.41 Å². The summed E-state index contributed by atoms with van der Waals surface area (Å²) in [4.78, 5) is 12.1. The summed E-state index contributed by atoms with van der Waals surface area (Å²) in [6.45, 7) is 10.7. The highest BCUT2D eigenvalue weighted by molar-refractivity contribution is 6.00. The fourth-order valence-corrected chi connectivity index (χ4v) is 1.66. The number of anilines is 1. The van der Waals surface area contributed by atoms with Crippen molar-refractivity contribution in [1.82, 2.24) is 0 Å². The van der Waals surface area contributed by atoms with Crippen LogP contribution in [0.4, 0.5) is 5.69 Å². The molecule has 106 valence electrons. The molecule has 1 rings (SSSR count). The van der Waals surface area contributed by atoms with E-state index in [9.17, 15) is 4.79 Å². The maximum atomic E-state index is 12.1. The topological polar surface area (TPSA) is 52.3 Å². The zero-order chi connectivity index (χ0) is 14.6. The first-order valence-corrected chi connectivity index (χ1v) is 6.79. The maximum absolute atomic E-state index is 12.1. The van der Waals surface area contributed by atoms with Gasteiger partial charge in [0.1, 0.15) is 5.75 Å². The van der Waals surface area contributed by atoms with E-state index in [0.717, 1.165) is 6.42 Å². The second-order valence-corrected chi connectivity index (χ2v) is 6.36. The Hall–Kier alpha value is -1.51. The van der Waals surface area contributed by atoms with Crippen molar-refractivity contribution in [3.8, 4) is 5.75 Å². The minimum Gasteiger partial charge on any atom is -0.491 e. The normalized spacial score (nSPS) is 11.7. The van der Waals surface area contributed by atoms with Crippen LogP contribution in [-0.2, 0) is 0 Å². The fraction of sp³-hybridized carbons (Fsp3) is 0.562. The largest absolute Gasteiger partial charge is 0.491 e. The summed E-state index contributed by atoms with van der Waals surface area (Å²) in [5, 5.41) is 0. The zero-order valence-corrected chi connectivity index (χ0v) is 12.6. The molecule has 0 saturated carbocycles. The molecule has 19 heavy (non-hydrogen) atoms. The molecule has 0 radical (unpaired) electrons. The Morgan fingerprint density at radius 3 is 2.42 bits per heavy atom. The van der Waals surface area contributed by atoms with E-state index in [1.807, 2.05) is 20.8 Å². The van der Waals surface area contributed by atoms with Crippen molar-refractivity contribution in [3.05, 3.63) is 23.8 Å². The maximum Gasteiger partial charge on any atom is 0.168 e. The number of carbonyl (C=O) groups excluding carboxylic acids is 1. The standard InChI is InChI=1S/C16H25NO2/c1-11(2)8-9-19-14-7-6-12(10-13(14)17)15(18)16(3,4)5/h6-7,10-11H,8-9,17H2,1-5H3. The number of benzene rings is 1. The van der Waals surface area contributed by atoms with Crippen molar-refractivity contribution in [2.24, 2.45) is 11.3 Å². The van der Waals surface area contributed by atoms with Gasteiger partial charge in [-0.2, -0.15) is 0 Å². The minimum absolute atomic E-state index is 0.0907. The molecular weight excluding hydrogens is 238 g/mol. The lowest BCUT2D eigenvalue weighted by molar-refractivity contribution is 0.0858. The van der Waals surface area contributed by atoms with Gasteiger partial charge in [-0.1, -0.05) is 34.6 Å². The Morgan fingerprint density at radius 1 is 1.32 bits per heavy atom. The monoisotopic (exact) mass is 263 g/mol. The van der Waals surface area contributed by atoms with E-state index in [2.05, 4.69) is 13.8 Å². The molecule has 0 bridgehead atoms. The summed E-state index contributed by atoms with van der Waals surface area (Å²) in [6.07, 6.45) is 0.988. The molecule has 3 heteroatoms. The highest BCUT2D eigenvalue weighted by Gasteiger charge is 2.23. The molecule has 0 atom stereocenters. The number of hydrogen-bond acceptors (Lipinski definition) is 3. The van der Waals surface area contributed by atoms with Crippen molar-refractivity contribution in [2.45, 2.75) is 41.0 Å². The van der Waals surface area contributed by atoms with Gasteiger partial charge in [0, 0.05) is 11.0 Å². The highest BCUT2D eigenvalue weighted by atomic mass is 16.5. The van der Waals surface area contributed by atoms with E-state index in [0.29, 0.717) is 29.5 Å². The molecule has 0 unspecified atom stereocenters. The van der Waals surface area contributed by atoms with Gasteiger partial charge >= 0.3 is 0 Å². The van der Waals surface area contributed by atoms with Crippen LogP contribution in [-0.4, -0.2) is 12.4 Å². The summed E-state index contributed by atoms with van der Waals surface area (Å²) in [7, 11) is 0. The molecule has 1 aromatic carbocycles. The summed E-state index contributed by atoms with van der Waals surface area (Å²) in [6, 6.07) is 5.28. The molecule has 0 aliphatic heterocycles. The third-order valence-electron chi connectivity index (χ3n) is 2.91. The van der Waals surface area contributed by atoms with Crippen LogP contribution in [0.25, 0.3) is 0 Å². The number of rotatable bonds is 5. The average Bonchev–Trinajstić information content (AvgIpc) is 2.28. The molecule has 0 aliphatic rings. The van der Waals surface area contributed by atoms with Gasteiger partial charge in [-0.25, -0.2) is 0 Å². The first-order chi connectivity index (χ1) is 8.71. The number of hydrogen-bond donors (Lipinski definition) is 1. The Bertz CT molecular complexity index is 445. The van der Waals surface area contributed by atoms with Crippen molar-refractivity contribution < 1.29 is 9.53 Å². The lowest BCUT2D eigenvalue weighted by atomic mass is 9.86. The van der Waals surface area contributed by atoms with Gasteiger partial charge in [0.05, 0.1) is 12.3 Å². The van der Waals surface area contributed by atoms with Gasteiger partial charge in [0.25, 0.3) is 0 Å².